The number of nitrogens with zero attached hydrogens (tertiary/aromatic N) is 1. The minimum absolute atomic E-state index is 0.0770. The second-order valence-electron chi connectivity index (χ2n) is 8.09. The molecule has 8 nitrogen and oxygen atoms in total. The number of nitrogens with one attached hydrogen (secondary N) is 3. The Morgan fingerprint density at radius 3 is 2.70 bits per heavy atom. The molecule has 0 amide bonds. The van der Waals surface area contributed by atoms with Crippen LogP contribution in [0.1, 0.15) is 28.4 Å². The van der Waals surface area contributed by atoms with E-state index in [4.69, 9.17) is 4.74 Å². The molecule has 170 valence electrons. The summed E-state index contributed by atoms with van der Waals surface area (Å²) in [6.45, 7) is 0.721. The molecule has 0 bridgehead atoms. The molecule has 4 aromatic rings. The first-order chi connectivity index (χ1) is 16.0. The summed E-state index contributed by atoms with van der Waals surface area (Å²) in [5, 5.41) is 15.3. The van der Waals surface area contributed by atoms with Crippen LogP contribution < -0.4 is 21.3 Å². The Balaban J connectivity index is 1.56. The first-order valence-corrected chi connectivity index (χ1v) is 10.7. The number of rotatable bonds is 5. The number of benzene rings is 2. The van der Waals surface area contributed by atoms with Crippen molar-refractivity contribution in [2.24, 2.45) is 0 Å². The summed E-state index contributed by atoms with van der Waals surface area (Å²) in [4.78, 5) is 31.0. The zero-order valence-electron chi connectivity index (χ0n) is 17.9. The molecular weight excluding hydrogens is 427 g/mol. The van der Waals surface area contributed by atoms with Crippen molar-refractivity contribution in [3.8, 4) is 11.6 Å². The fourth-order valence-corrected chi connectivity index (χ4v) is 4.52. The van der Waals surface area contributed by atoms with Gasteiger partial charge in [-0.05, 0) is 54.3 Å². The SMILES string of the molecule is COc1ccc2[nH]c3c(c2c1)CCNC3c1c(O)n(CCc2ccc(F)cc2)c(=O)[nH]c1=O. The number of hydrogen-bond donors (Lipinski definition) is 4. The second kappa shape index (κ2) is 8.25. The number of aromatic amines is 2. The van der Waals surface area contributed by atoms with E-state index in [0.29, 0.717) is 13.0 Å². The molecule has 33 heavy (non-hydrogen) atoms. The Labute approximate surface area is 187 Å². The van der Waals surface area contributed by atoms with Crippen LogP contribution in [0, 0.1) is 5.82 Å². The zero-order valence-corrected chi connectivity index (χ0v) is 17.9. The lowest BCUT2D eigenvalue weighted by Crippen LogP contribution is -2.39. The summed E-state index contributed by atoms with van der Waals surface area (Å²) in [5.74, 6) is 0.00194. The molecule has 0 aliphatic carbocycles. The van der Waals surface area contributed by atoms with Gasteiger partial charge in [-0.15, -0.1) is 0 Å². The van der Waals surface area contributed by atoms with Crippen LogP contribution in [-0.2, 0) is 19.4 Å². The number of hydrogen-bond acceptors (Lipinski definition) is 5. The van der Waals surface area contributed by atoms with E-state index >= 15 is 0 Å². The highest BCUT2D eigenvalue weighted by Gasteiger charge is 2.31. The van der Waals surface area contributed by atoms with Gasteiger partial charge >= 0.3 is 5.69 Å². The second-order valence-corrected chi connectivity index (χ2v) is 8.09. The van der Waals surface area contributed by atoms with Crippen LogP contribution in [0.15, 0.2) is 52.1 Å². The Morgan fingerprint density at radius 2 is 1.94 bits per heavy atom. The topological polar surface area (TPSA) is 112 Å². The van der Waals surface area contributed by atoms with Crippen molar-refractivity contribution in [3.05, 3.63) is 91.5 Å². The van der Waals surface area contributed by atoms with Crippen molar-refractivity contribution in [3.63, 3.8) is 0 Å². The van der Waals surface area contributed by atoms with Crippen LogP contribution in [0.25, 0.3) is 10.9 Å². The number of ether oxygens (including phenoxy) is 1. The predicted molar refractivity (Wildman–Crippen MR) is 121 cm³/mol. The van der Waals surface area contributed by atoms with Crippen molar-refractivity contribution < 1.29 is 14.2 Å². The number of fused-ring (bicyclic) bond motifs is 3. The van der Waals surface area contributed by atoms with Crippen LogP contribution in [0.2, 0.25) is 0 Å². The van der Waals surface area contributed by atoms with Gasteiger partial charge in [0.1, 0.15) is 17.1 Å². The number of H-pyrrole nitrogens is 2. The molecule has 0 fully saturated rings. The summed E-state index contributed by atoms with van der Waals surface area (Å²) < 4.78 is 19.7. The molecule has 0 spiro atoms. The molecule has 1 aliphatic heterocycles. The summed E-state index contributed by atoms with van der Waals surface area (Å²) in [6.07, 6.45) is 1.12. The molecular formula is C24H23FN4O4. The summed E-state index contributed by atoms with van der Waals surface area (Å²) in [6, 6.07) is 11.0. The fourth-order valence-electron chi connectivity index (χ4n) is 4.52. The number of aromatic hydroxyl groups is 1. The van der Waals surface area contributed by atoms with E-state index in [1.807, 2.05) is 18.2 Å². The molecule has 2 aromatic carbocycles. The third-order valence-electron chi connectivity index (χ3n) is 6.19. The van der Waals surface area contributed by atoms with Crippen molar-refractivity contribution >= 4 is 10.9 Å². The average Bonchev–Trinajstić information content (AvgIpc) is 3.18. The van der Waals surface area contributed by atoms with Crippen LogP contribution in [0.5, 0.6) is 11.6 Å². The first-order valence-electron chi connectivity index (χ1n) is 10.7. The molecule has 3 heterocycles. The zero-order chi connectivity index (χ0) is 23.1. The normalized spacial score (nSPS) is 15.5. The minimum atomic E-state index is -0.694. The summed E-state index contributed by atoms with van der Waals surface area (Å²) in [7, 11) is 1.61. The van der Waals surface area contributed by atoms with Crippen LogP contribution in [-0.4, -0.2) is 33.3 Å². The number of methoxy groups -OCH3 is 1. The van der Waals surface area contributed by atoms with Crippen LogP contribution in [0.4, 0.5) is 4.39 Å². The van der Waals surface area contributed by atoms with Gasteiger partial charge in [-0.1, -0.05) is 12.1 Å². The highest BCUT2D eigenvalue weighted by atomic mass is 19.1. The van der Waals surface area contributed by atoms with Gasteiger partial charge in [0.15, 0.2) is 0 Å². The summed E-state index contributed by atoms with van der Waals surface area (Å²) >= 11 is 0. The Morgan fingerprint density at radius 1 is 1.15 bits per heavy atom. The molecule has 1 unspecified atom stereocenters. The molecule has 4 N–H and O–H groups in total. The van der Waals surface area contributed by atoms with E-state index < -0.39 is 17.3 Å². The lowest BCUT2D eigenvalue weighted by molar-refractivity contribution is 0.382. The van der Waals surface area contributed by atoms with E-state index in [1.54, 1.807) is 19.2 Å². The van der Waals surface area contributed by atoms with Gasteiger partial charge in [0.2, 0.25) is 5.88 Å². The average molecular weight is 450 g/mol. The third kappa shape index (κ3) is 3.70. The van der Waals surface area contributed by atoms with Crippen molar-refractivity contribution in [1.82, 2.24) is 19.9 Å². The number of halogens is 1. The lowest BCUT2D eigenvalue weighted by atomic mass is 9.95. The van der Waals surface area contributed by atoms with Gasteiger partial charge in [-0.25, -0.2) is 9.18 Å². The van der Waals surface area contributed by atoms with Crippen molar-refractivity contribution in [1.29, 1.82) is 0 Å². The Bertz CT molecular complexity index is 1450. The van der Waals surface area contributed by atoms with Crippen LogP contribution in [0.3, 0.4) is 0 Å². The van der Waals surface area contributed by atoms with E-state index in [2.05, 4.69) is 15.3 Å². The molecule has 1 atom stereocenters. The fraction of sp³-hybridized carbons (Fsp3) is 0.250. The maximum Gasteiger partial charge on any atom is 0.331 e. The molecule has 0 radical (unpaired) electrons. The highest BCUT2D eigenvalue weighted by Crippen LogP contribution is 2.36. The van der Waals surface area contributed by atoms with Gasteiger partial charge in [-0.2, -0.15) is 0 Å². The van der Waals surface area contributed by atoms with Gasteiger partial charge in [-0.3, -0.25) is 14.3 Å². The van der Waals surface area contributed by atoms with Gasteiger partial charge in [0.25, 0.3) is 5.56 Å². The Kier molecular flexibility index (Phi) is 5.26. The number of aromatic nitrogens is 3. The number of aryl methyl sites for hydroxylation is 1. The Hall–Kier alpha value is -3.85. The summed E-state index contributed by atoms with van der Waals surface area (Å²) in [5.41, 5.74) is 2.25. The van der Waals surface area contributed by atoms with Gasteiger partial charge < -0.3 is 20.1 Å². The maximum absolute atomic E-state index is 13.2. The van der Waals surface area contributed by atoms with E-state index in [0.717, 1.165) is 44.5 Å². The van der Waals surface area contributed by atoms with Crippen LogP contribution >= 0.6 is 0 Å². The third-order valence-corrected chi connectivity index (χ3v) is 6.19. The molecule has 2 aromatic heterocycles. The van der Waals surface area contributed by atoms with Crippen molar-refractivity contribution in [2.75, 3.05) is 13.7 Å². The molecule has 0 saturated carbocycles. The molecule has 0 saturated heterocycles. The van der Waals surface area contributed by atoms with Gasteiger partial charge in [0, 0.05) is 29.7 Å². The molecule has 5 rings (SSSR count). The lowest BCUT2D eigenvalue weighted by Gasteiger charge is -2.25. The largest absolute Gasteiger partial charge is 0.497 e. The van der Waals surface area contributed by atoms with E-state index in [1.165, 1.54) is 12.1 Å². The quantitative estimate of drug-likeness (QED) is 0.373. The predicted octanol–water partition coefficient (Wildman–Crippen LogP) is 2.35. The molecule has 9 heteroatoms. The molecule has 1 aliphatic rings. The van der Waals surface area contributed by atoms with Crippen molar-refractivity contribution in [2.45, 2.75) is 25.4 Å². The first kappa shape index (κ1) is 21.0. The maximum atomic E-state index is 13.2. The van der Waals surface area contributed by atoms with E-state index in [-0.39, 0.29) is 23.8 Å². The van der Waals surface area contributed by atoms with E-state index in [9.17, 15) is 19.1 Å². The monoisotopic (exact) mass is 450 g/mol. The smallest absolute Gasteiger partial charge is 0.331 e. The standard InChI is InChI=1S/C24H23FN4O4/c1-33-15-6-7-18-17(12-15)16-8-10-26-21(20(16)27-18)19-22(30)28-24(32)29(23(19)31)11-9-13-2-4-14(25)5-3-13/h2-7,12,21,26-27,31H,8-11H2,1H3,(H,28,30,32). The highest BCUT2D eigenvalue weighted by molar-refractivity contribution is 5.86. The van der Waals surface area contributed by atoms with Gasteiger partial charge in [0.05, 0.1) is 13.2 Å². The minimum Gasteiger partial charge on any atom is -0.497 e.